The molecule has 149 heavy (non-hydrogen) atoms. The van der Waals surface area contributed by atoms with Gasteiger partial charge >= 0.3 is 0 Å². The first-order valence-electron chi connectivity index (χ1n) is 50.1. The number of benzene rings is 11. The molecule has 0 unspecified atom stereocenters. The molecule has 0 radical (unpaired) electrons. The minimum absolute atomic E-state index is 0.112. The summed E-state index contributed by atoms with van der Waals surface area (Å²) in [7, 11) is 5.46. The predicted molar refractivity (Wildman–Crippen MR) is 595 cm³/mol. The monoisotopic (exact) mass is 1950 g/mol. The van der Waals surface area contributed by atoms with E-state index in [-0.39, 0.29) is 17.5 Å². The van der Waals surface area contributed by atoms with Gasteiger partial charge in [-0.25, -0.2) is 33.2 Å². The molecule has 0 atom stereocenters. The first kappa shape index (κ1) is 96.7. The van der Waals surface area contributed by atoms with Gasteiger partial charge in [0.1, 0.15) is 18.0 Å². The molecule has 0 bridgehead atoms. The van der Waals surface area contributed by atoms with Crippen LogP contribution in [0.2, 0.25) is 0 Å². The minimum Gasteiger partial charge on any atom is -0.345 e. The summed E-state index contributed by atoms with van der Waals surface area (Å²) in [6, 6.07) is 106. The molecule has 13 heterocycles. The standard InChI is InChI=1S/C22H19FN4O.C22H21N3.C21H15FN2.C21H17N3.C21H19N3.C20H16N4/c1-13-9-14(6-7-19(13)23)20-17(5-4-8-24-20)15-10-16-12-25-26-21(16)18(11-15)22(28)27(2)3;1-15(2)16-6-4-7-18(12-16)22-19(8-5-11-23-22)17-9-10-20-21(13-17)25(3)14-24-20;1-14-12-17(6-8-19(14)22)21-18(5-3-11-24-21)15-7-9-20-16(13-15)4-2-10-23-20;1-3-15(14-6-7-14)11-17(4-1)21-18(5-2-10-22-21)16-8-9-19-20(12-16)24-13-23-19;1-14(2)15-5-3-6-17(11-15)21-18(7-4-10-22-21)16-8-9-19-20(12-16)24-13-23-19;1-3-15(14-6-7-14)11-16(4-1)20-18(5-2-10-21-20)17-8-9-19-22-13-23-24(19)12-17/h4-12H,1-3H3,(H,25,26);4-15H,1-3H3;2-13H,1H3;1-5,8-14H,6-7H2,(H,23,24);3-14H,1-2H3,(H,23,24);1-5,8-14H,6-7H2. The van der Waals surface area contributed by atoms with Crippen LogP contribution in [-0.4, -0.2) is 114 Å². The summed E-state index contributed by atoms with van der Waals surface area (Å²) in [5, 5.41) is 13.2. The Hall–Kier alpha value is -18.4. The summed E-state index contributed by atoms with van der Waals surface area (Å²) in [6.45, 7) is 12.4. The summed E-state index contributed by atoms with van der Waals surface area (Å²) in [4.78, 5) is 70.0. The van der Waals surface area contributed by atoms with Crippen molar-refractivity contribution in [2.75, 3.05) is 14.1 Å². The van der Waals surface area contributed by atoms with E-state index in [1.807, 2.05) is 152 Å². The number of amides is 1. The van der Waals surface area contributed by atoms with Crippen LogP contribution in [0.25, 0.3) is 195 Å². The Morgan fingerprint density at radius 3 is 1.23 bits per heavy atom. The number of carbonyl (C=O) groups is 1. The maximum Gasteiger partial charge on any atom is 0.255 e. The SMILES string of the molecule is CC(C)c1cccc(-c2ncccc2-c2ccc3nc[nH]c3c2)c1.CC(C)c1cccc(-c2ncccc2-c2ccc3ncn(C)c3c2)c1.Cc1cc(-c2ncccc2-c2cc(C(=O)N(C)C)c3[nH]ncc3c2)ccc1F.Cc1cc(-c2ncccc2-c2ccc3ncccc3c2)ccc1F.c1cc(-c2ncccc2-c2ccc3nc[nH]c3c2)cc(C2CC2)c1.c1cc(-c2ncccc2-c2ccc3ncnn3c2)cc(C2CC2)c1. The number of aromatic amines is 3. The molecule has 2 fully saturated rings. The van der Waals surface area contributed by atoms with Crippen LogP contribution in [0, 0.1) is 25.5 Å². The van der Waals surface area contributed by atoms with Crippen molar-refractivity contribution < 1.29 is 13.6 Å². The van der Waals surface area contributed by atoms with Gasteiger partial charge in [0.25, 0.3) is 5.91 Å². The van der Waals surface area contributed by atoms with E-state index in [9.17, 15) is 13.6 Å². The molecule has 1 amide bonds. The van der Waals surface area contributed by atoms with Crippen molar-refractivity contribution in [2.45, 2.75) is 90.9 Å². The quantitative estimate of drug-likeness (QED) is 0.0768. The van der Waals surface area contributed by atoms with E-state index in [4.69, 9.17) is 4.98 Å². The van der Waals surface area contributed by atoms with E-state index in [1.54, 1.807) is 94.4 Å². The maximum absolute atomic E-state index is 13.7. The Morgan fingerprint density at radius 1 is 0.362 bits per heavy atom. The van der Waals surface area contributed by atoms with Crippen LogP contribution >= 0.6 is 0 Å². The second kappa shape index (κ2) is 43.2. The number of hydrogen-bond acceptors (Lipinski definition) is 14. The predicted octanol–water partition coefficient (Wildman–Crippen LogP) is 30.2. The van der Waals surface area contributed by atoms with Gasteiger partial charge in [0, 0.05) is 154 Å². The number of fused-ring (bicyclic) bond motifs is 6. The molecule has 730 valence electrons. The van der Waals surface area contributed by atoms with Crippen LogP contribution in [0.4, 0.5) is 8.78 Å². The highest BCUT2D eigenvalue weighted by atomic mass is 19.1. The van der Waals surface area contributed by atoms with Crippen LogP contribution in [0.1, 0.15) is 121 Å². The Labute approximate surface area is 862 Å². The topological polar surface area (TPSA) is 245 Å². The molecule has 22 heteroatoms. The molecule has 0 spiro atoms. The number of halogens is 2. The lowest BCUT2D eigenvalue weighted by atomic mass is 9.95. The summed E-state index contributed by atoms with van der Waals surface area (Å²) in [5.41, 5.74) is 40.9. The number of pyridine rings is 8. The van der Waals surface area contributed by atoms with E-state index in [1.165, 1.54) is 76.1 Å². The lowest BCUT2D eigenvalue weighted by molar-refractivity contribution is 0.0829. The van der Waals surface area contributed by atoms with E-state index in [0.29, 0.717) is 34.0 Å². The van der Waals surface area contributed by atoms with Crippen molar-refractivity contribution in [3.05, 3.63) is 447 Å². The van der Waals surface area contributed by atoms with Gasteiger partial charge in [-0.3, -0.25) is 44.8 Å². The second-order valence-corrected chi connectivity index (χ2v) is 38.5. The highest BCUT2D eigenvalue weighted by Crippen LogP contribution is 2.46. The van der Waals surface area contributed by atoms with Crippen LogP contribution in [0.5, 0.6) is 0 Å². The molecule has 2 saturated carbocycles. The van der Waals surface area contributed by atoms with Crippen molar-refractivity contribution in [3.8, 4) is 134 Å². The average Bonchev–Trinajstić information content (AvgIpc) is 1.74. The zero-order valence-corrected chi connectivity index (χ0v) is 84.0. The number of rotatable bonds is 17. The minimum atomic E-state index is -0.250. The van der Waals surface area contributed by atoms with Gasteiger partial charge < -0.3 is 19.4 Å². The summed E-state index contributed by atoms with van der Waals surface area (Å²) in [6.07, 6.45) is 28.5. The number of carbonyl (C=O) groups excluding carboxylic acids is 1. The molecular weight excluding hydrogens is 1850 g/mol. The number of H-pyrrole nitrogens is 3. The van der Waals surface area contributed by atoms with Crippen molar-refractivity contribution in [2.24, 2.45) is 7.05 Å². The Kier molecular flexibility index (Phi) is 28.1. The number of imidazole rings is 3. The highest BCUT2D eigenvalue weighted by molar-refractivity contribution is 6.08. The zero-order chi connectivity index (χ0) is 102. The first-order valence-corrected chi connectivity index (χ1v) is 50.1. The van der Waals surface area contributed by atoms with Gasteiger partial charge in [-0.1, -0.05) is 167 Å². The van der Waals surface area contributed by atoms with Crippen LogP contribution in [-0.2, 0) is 7.05 Å². The molecule has 0 aliphatic heterocycles. The van der Waals surface area contributed by atoms with E-state index in [2.05, 4.69) is 285 Å². The Balaban J connectivity index is 0.000000105. The maximum atomic E-state index is 13.7. The van der Waals surface area contributed by atoms with Crippen LogP contribution < -0.4 is 0 Å². The normalized spacial score (nSPS) is 12.1. The molecule has 0 saturated heterocycles. The van der Waals surface area contributed by atoms with E-state index in [0.717, 1.165) is 190 Å². The highest BCUT2D eigenvalue weighted by Gasteiger charge is 2.27. The van der Waals surface area contributed by atoms with Gasteiger partial charge in [0.15, 0.2) is 5.65 Å². The average molecular weight is 1950 g/mol. The fourth-order valence-corrected chi connectivity index (χ4v) is 18.9. The van der Waals surface area contributed by atoms with Gasteiger partial charge in [-0.05, 0) is 300 Å². The van der Waals surface area contributed by atoms with Crippen molar-refractivity contribution in [1.29, 1.82) is 0 Å². The third-order valence-electron chi connectivity index (χ3n) is 27.3. The molecule has 26 rings (SSSR count). The third-order valence-corrected chi connectivity index (χ3v) is 27.3. The van der Waals surface area contributed by atoms with Crippen molar-refractivity contribution in [3.63, 3.8) is 0 Å². The summed E-state index contributed by atoms with van der Waals surface area (Å²) in [5.74, 6) is 1.92. The summed E-state index contributed by atoms with van der Waals surface area (Å²) < 4.78 is 31.2. The van der Waals surface area contributed by atoms with Gasteiger partial charge in [-0.2, -0.15) is 10.2 Å². The number of hydrogen-bond donors (Lipinski definition) is 3. The number of nitrogens with zero attached hydrogens (tertiary/aromatic N) is 16. The van der Waals surface area contributed by atoms with Gasteiger partial charge in [-0.15, -0.1) is 0 Å². The van der Waals surface area contributed by atoms with Crippen molar-refractivity contribution >= 4 is 66.5 Å². The smallest absolute Gasteiger partial charge is 0.255 e. The molecule has 24 aromatic rings. The first-order chi connectivity index (χ1) is 72.8. The molecular formula is C127H107F2N19O. The Bertz CT molecular complexity index is 8630. The number of aryl methyl sites for hydroxylation is 3. The molecule has 11 aromatic carbocycles. The lowest BCUT2D eigenvalue weighted by Gasteiger charge is -2.14. The third kappa shape index (κ3) is 21.6. The van der Waals surface area contributed by atoms with Gasteiger partial charge in [0.05, 0.1) is 109 Å². The summed E-state index contributed by atoms with van der Waals surface area (Å²) >= 11 is 0. The molecule has 3 N–H and O–H groups in total. The van der Waals surface area contributed by atoms with Crippen molar-refractivity contribution in [1.82, 2.24) is 94.1 Å². The molecule has 2 aliphatic rings. The van der Waals surface area contributed by atoms with E-state index < -0.39 is 0 Å². The number of aromatic nitrogens is 18. The van der Waals surface area contributed by atoms with Crippen LogP contribution in [0.3, 0.4) is 0 Å². The molecule has 13 aromatic heterocycles. The largest absolute Gasteiger partial charge is 0.345 e. The lowest BCUT2D eigenvalue weighted by Crippen LogP contribution is -2.22. The molecule has 20 nitrogen and oxygen atoms in total. The second-order valence-electron chi connectivity index (χ2n) is 38.5. The zero-order valence-electron chi connectivity index (χ0n) is 84.0. The van der Waals surface area contributed by atoms with Gasteiger partial charge in [0.2, 0.25) is 0 Å². The number of nitrogens with one attached hydrogen (secondary N) is 3. The van der Waals surface area contributed by atoms with E-state index >= 15 is 0 Å². The van der Waals surface area contributed by atoms with Crippen LogP contribution in [0.15, 0.2) is 397 Å². The fraction of sp³-hybridized carbons (Fsp3) is 0.134. The fourth-order valence-electron chi connectivity index (χ4n) is 18.9. The Morgan fingerprint density at radius 2 is 0.765 bits per heavy atom. The molecule has 2 aliphatic carbocycles.